The number of hydrogen-bond donors (Lipinski definition) is 0. The minimum Gasteiger partial charge on any atom is -0.495 e. The molecule has 0 aromatic heterocycles. The van der Waals surface area contributed by atoms with Crippen LogP contribution in [0.25, 0.3) is 0 Å². The molecule has 0 bridgehead atoms. The van der Waals surface area contributed by atoms with Crippen LogP contribution >= 0.6 is 11.6 Å². The average molecular weight is 409 g/mol. The first-order chi connectivity index (χ1) is 12.9. The zero-order valence-corrected chi connectivity index (χ0v) is 17.2. The van der Waals surface area contributed by atoms with Gasteiger partial charge < -0.3 is 4.74 Å². The van der Waals surface area contributed by atoms with Gasteiger partial charge in [0.25, 0.3) is 0 Å². The lowest BCUT2D eigenvalue weighted by atomic mass is 10.1. The van der Waals surface area contributed by atoms with E-state index in [0.717, 1.165) is 19.5 Å². The van der Waals surface area contributed by atoms with Gasteiger partial charge in [0.1, 0.15) is 5.75 Å². The van der Waals surface area contributed by atoms with Crippen molar-refractivity contribution in [2.24, 2.45) is 0 Å². The molecular weight excluding hydrogens is 384 g/mol. The lowest BCUT2D eigenvalue weighted by Gasteiger charge is -2.39. The van der Waals surface area contributed by atoms with Crippen molar-refractivity contribution in [3.63, 3.8) is 0 Å². The second kappa shape index (κ2) is 8.61. The van der Waals surface area contributed by atoms with E-state index in [2.05, 4.69) is 24.0 Å². The number of ether oxygens (including phenoxy) is 1. The van der Waals surface area contributed by atoms with Crippen molar-refractivity contribution >= 4 is 21.6 Å². The van der Waals surface area contributed by atoms with Crippen LogP contribution in [0.2, 0.25) is 5.02 Å². The zero-order chi connectivity index (χ0) is 19.4. The molecule has 2 aromatic carbocycles. The largest absolute Gasteiger partial charge is 0.495 e. The molecule has 1 aliphatic rings. The third-order valence-electron chi connectivity index (χ3n) is 5.02. The lowest BCUT2D eigenvalue weighted by Crippen LogP contribution is -2.53. The first-order valence-corrected chi connectivity index (χ1v) is 10.9. The Kier molecular flexibility index (Phi) is 6.42. The van der Waals surface area contributed by atoms with Crippen molar-refractivity contribution in [3.8, 4) is 5.75 Å². The van der Waals surface area contributed by atoms with E-state index < -0.39 is 10.0 Å². The molecule has 146 valence electrons. The summed E-state index contributed by atoms with van der Waals surface area (Å²) in [7, 11) is -2.06. The Morgan fingerprint density at radius 2 is 1.89 bits per heavy atom. The van der Waals surface area contributed by atoms with Crippen LogP contribution in [0.15, 0.2) is 53.4 Å². The Morgan fingerprint density at radius 3 is 2.52 bits per heavy atom. The lowest BCUT2D eigenvalue weighted by molar-refractivity contribution is 0.130. The maximum absolute atomic E-state index is 13.0. The number of nitrogens with zero attached hydrogens (tertiary/aromatic N) is 2. The van der Waals surface area contributed by atoms with Crippen molar-refractivity contribution in [2.45, 2.75) is 24.3 Å². The Labute approximate surface area is 166 Å². The van der Waals surface area contributed by atoms with E-state index in [0.29, 0.717) is 23.9 Å². The highest BCUT2D eigenvalue weighted by Gasteiger charge is 2.32. The first-order valence-electron chi connectivity index (χ1n) is 9.03. The van der Waals surface area contributed by atoms with E-state index in [1.165, 1.54) is 18.7 Å². The fourth-order valence-corrected chi connectivity index (χ4v) is 5.25. The van der Waals surface area contributed by atoms with Gasteiger partial charge in [0.2, 0.25) is 10.0 Å². The predicted molar refractivity (Wildman–Crippen MR) is 108 cm³/mol. The summed E-state index contributed by atoms with van der Waals surface area (Å²) in [5, 5.41) is 0.299. The van der Waals surface area contributed by atoms with Crippen LogP contribution < -0.4 is 4.74 Å². The van der Waals surface area contributed by atoms with Crippen LogP contribution in [-0.2, 0) is 16.4 Å². The summed E-state index contributed by atoms with van der Waals surface area (Å²) >= 11 is 6.11. The minimum atomic E-state index is -3.57. The molecule has 27 heavy (non-hydrogen) atoms. The monoisotopic (exact) mass is 408 g/mol. The van der Waals surface area contributed by atoms with Gasteiger partial charge in [0.15, 0.2) is 0 Å². The molecule has 0 aliphatic carbocycles. The van der Waals surface area contributed by atoms with Crippen LogP contribution in [0.1, 0.15) is 12.5 Å². The number of hydrogen-bond acceptors (Lipinski definition) is 4. The standard InChI is InChI=1S/C20H25ClN2O3S/c1-16-15-23(13-12-22(16)11-10-17-6-4-3-5-7-17)27(24,25)18-8-9-20(26-2)19(21)14-18/h3-9,14,16H,10-13,15H2,1-2H3. The van der Waals surface area contributed by atoms with Gasteiger partial charge in [0.05, 0.1) is 17.0 Å². The summed E-state index contributed by atoms with van der Waals surface area (Å²) in [6.45, 7) is 4.67. The number of sulfonamides is 1. The van der Waals surface area contributed by atoms with Crippen molar-refractivity contribution in [3.05, 3.63) is 59.1 Å². The van der Waals surface area contributed by atoms with E-state index in [4.69, 9.17) is 16.3 Å². The van der Waals surface area contributed by atoms with E-state index in [1.807, 2.05) is 18.2 Å². The minimum absolute atomic E-state index is 0.158. The predicted octanol–water partition coefficient (Wildman–Crippen LogP) is 3.29. The van der Waals surface area contributed by atoms with Crippen LogP contribution in [0.4, 0.5) is 0 Å². The summed E-state index contributed by atoms with van der Waals surface area (Å²) in [6, 6.07) is 15.1. The Hall–Kier alpha value is -1.60. The smallest absolute Gasteiger partial charge is 0.243 e. The number of piperazine rings is 1. The Balaban J connectivity index is 1.65. The van der Waals surface area contributed by atoms with Crippen LogP contribution in [-0.4, -0.2) is 57.0 Å². The summed E-state index contributed by atoms with van der Waals surface area (Å²) in [5.41, 5.74) is 1.30. The maximum Gasteiger partial charge on any atom is 0.243 e. The van der Waals surface area contributed by atoms with Crippen molar-refractivity contribution in [1.29, 1.82) is 0 Å². The molecule has 1 atom stereocenters. The second-order valence-electron chi connectivity index (χ2n) is 6.78. The van der Waals surface area contributed by atoms with Gasteiger partial charge in [-0.2, -0.15) is 4.31 Å². The number of rotatable bonds is 6. The maximum atomic E-state index is 13.0. The quantitative estimate of drug-likeness (QED) is 0.736. The van der Waals surface area contributed by atoms with Gasteiger partial charge in [0, 0.05) is 32.2 Å². The molecule has 1 unspecified atom stereocenters. The Bertz CT molecular complexity index is 874. The molecule has 2 aromatic rings. The molecule has 7 heteroatoms. The van der Waals surface area contributed by atoms with Crippen molar-refractivity contribution in [2.75, 3.05) is 33.3 Å². The highest BCUT2D eigenvalue weighted by atomic mass is 35.5. The molecule has 1 fully saturated rings. The van der Waals surface area contributed by atoms with Gasteiger partial charge in [-0.05, 0) is 37.1 Å². The van der Waals surface area contributed by atoms with Gasteiger partial charge >= 0.3 is 0 Å². The molecule has 0 saturated carbocycles. The third kappa shape index (κ3) is 4.63. The molecule has 1 aliphatic heterocycles. The van der Waals surface area contributed by atoms with E-state index >= 15 is 0 Å². The van der Waals surface area contributed by atoms with Crippen LogP contribution in [0.5, 0.6) is 5.75 Å². The van der Waals surface area contributed by atoms with Gasteiger partial charge in [-0.1, -0.05) is 41.9 Å². The second-order valence-corrected chi connectivity index (χ2v) is 9.13. The molecule has 0 radical (unpaired) electrons. The van der Waals surface area contributed by atoms with Crippen molar-refractivity contribution in [1.82, 2.24) is 9.21 Å². The first kappa shape index (κ1) is 20.1. The highest BCUT2D eigenvalue weighted by Crippen LogP contribution is 2.29. The summed E-state index contributed by atoms with van der Waals surface area (Å²) in [6.07, 6.45) is 0.964. The molecule has 5 nitrogen and oxygen atoms in total. The van der Waals surface area contributed by atoms with Crippen LogP contribution in [0, 0.1) is 0 Å². The number of halogens is 1. The molecule has 1 saturated heterocycles. The topological polar surface area (TPSA) is 49.9 Å². The van der Waals surface area contributed by atoms with Gasteiger partial charge in [-0.15, -0.1) is 0 Å². The van der Waals surface area contributed by atoms with E-state index in [-0.39, 0.29) is 10.9 Å². The van der Waals surface area contributed by atoms with Crippen LogP contribution in [0.3, 0.4) is 0 Å². The normalized spacial score (nSPS) is 19.1. The molecule has 0 spiro atoms. The summed E-state index contributed by atoms with van der Waals surface area (Å²) in [4.78, 5) is 2.55. The third-order valence-corrected chi connectivity index (χ3v) is 7.18. The summed E-state index contributed by atoms with van der Waals surface area (Å²) in [5.74, 6) is 0.467. The summed E-state index contributed by atoms with van der Waals surface area (Å²) < 4.78 is 32.6. The molecule has 1 heterocycles. The molecular formula is C20H25ClN2O3S. The van der Waals surface area contributed by atoms with E-state index in [1.54, 1.807) is 16.4 Å². The average Bonchev–Trinajstić information content (AvgIpc) is 2.67. The van der Waals surface area contributed by atoms with Gasteiger partial charge in [-0.3, -0.25) is 4.90 Å². The number of benzene rings is 2. The van der Waals surface area contributed by atoms with Gasteiger partial charge in [-0.25, -0.2) is 8.42 Å². The van der Waals surface area contributed by atoms with Crippen molar-refractivity contribution < 1.29 is 13.2 Å². The zero-order valence-electron chi connectivity index (χ0n) is 15.6. The highest BCUT2D eigenvalue weighted by molar-refractivity contribution is 7.89. The fraction of sp³-hybridized carbons (Fsp3) is 0.400. The number of methoxy groups -OCH3 is 1. The fourth-order valence-electron chi connectivity index (χ4n) is 3.39. The van der Waals surface area contributed by atoms with E-state index in [9.17, 15) is 8.42 Å². The Morgan fingerprint density at radius 1 is 1.15 bits per heavy atom. The molecule has 3 rings (SSSR count). The molecule has 0 N–H and O–H groups in total. The SMILES string of the molecule is COc1ccc(S(=O)(=O)N2CCN(CCc3ccccc3)C(C)C2)cc1Cl. The molecule has 0 amide bonds.